The van der Waals surface area contributed by atoms with Crippen LogP contribution in [0.5, 0.6) is 0 Å². The van der Waals surface area contributed by atoms with Crippen molar-refractivity contribution in [2.45, 2.75) is 58.1 Å². The SMILES string of the molecule is COC(C)CC(N)Cc1ccc(C(C)(C)C)cc1. The molecule has 0 aliphatic carbocycles. The molecule has 2 unspecified atom stereocenters. The van der Waals surface area contributed by atoms with E-state index in [4.69, 9.17) is 10.5 Å². The van der Waals surface area contributed by atoms with Crippen LogP contribution in [-0.2, 0) is 16.6 Å². The monoisotopic (exact) mass is 249 g/mol. The Kier molecular flexibility index (Phi) is 5.36. The lowest BCUT2D eigenvalue weighted by Gasteiger charge is -2.20. The Balaban J connectivity index is 2.58. The molecule has 0 heterocycles. The van der Waals surface area contributed by atoms with Crippen LogP contribution in [0.4, 0.5) is 0 Å². The molecule has 0 amide bonds. The van der Waals surface area contributed by atoms with Crippen LogP contribution in [0.1, 0.15) is 45.2 Å². The molecule has 2 N–H and O–H groups in total. The predicted molar refractivity (Wildman–Crippen MR) is 77.9 cm³/mol. The first-order valence-electron chi connectivity index (χ1n) is 6.70. The lowest BCUT2D eigenvalue weighted by atomic mass is 9.86. The average molecular weight is 249 g/mol. The summed E-state index contributed by atoms with van der Waals surface area (Å²) in [7, 11) is 1.73. The Morgan fingerprint density at radius 2 is 1.72 bits per heavy atom. The minimum atomic E-state index is 0.167. The van der Waals surface area contributed by atoms with E-state index < -0.39 is 0 Å². The minimum absolute atomic E-state index is 0.167. The molecule has 18 heavy (non-hydrogen) atoms. The van der Waals surface area contributed by atoms with Gasteiger partial charge in [0, 0.05) is 13.2 Å². The van der Waals surface area contributed by atoms with Gasteiger partial charge in [0.05, 0.1) is 6.10 Å². The van der Waals surface area contributed by atoms with Crippen molar-refractivity contribution in [2.75, 3.05) is 7.11 Å². The third-order valence-electron chi connectivity index (χ3n) is 3.35. The van der Waals surface area contributed by atoms with E-state index in [-0.39, 0.29) is 17.6 Å². The molecule has 2 heteroatoms. The van der Waals surface area contributed by atoms with Gasteiger partial charge in [0.1, 0.15) is 0 Å². The van der Waals surface area contributed by atoms with Crippen molar-refractivity contribution >= 4 is 0 Å². The van der Waals surface area contributed by atoms with Crippen LogP contribution in [0.2, 0.25) is 0 Å². The summed E-state index contributed by atoms with van der Waals surface area (Å²) in [5.41, 5.74) is 9.01. The molecule has 1 aromatic rings. The smallest absolute Gasteiger partial charge is 0.0558 e. The first-order valence-corrected chi connectivity index (χ1v) is 6.70. The third kappa shape index (κ3) is 4.79. The molecule has 0 spiro atoms. The molecule has 0 fully saturated rings. The first-order chi connectivity index (χ1) is 8.32. The quantitative estimate of drug-likeness (QED) is 0.869. The molecular weight excluding hydrogens is 222 g/mol. The molecule has 102 valence electrons. The van der Waals surface area contributed by atoms with Gasteiger partial charge in [-0.05, 0) is 36.3 Å². The molecule has 1 aromatic carbocycles. The third-order valence-corrected chi connectivity index (χ3v) is 3.35. The minimum Gasteiger partial charge on any atom is -0.382 e. The summed E-state index contributed by atoms with van der Waals surface area (Å²) in [5.74, 6) is 0. The van der Waals surface area contributed by atoms with Crippen molar-refractivity contribution in [1.82, 2.24) is 0 Å². The number of ether oxygens (including phenoxy) is 1. The van der Waals surface area contributed by atoms with Gasteiger partial charge in [-0.1, -0.05) is 45.0 Å². The zero-order chi connectivity index (χ0) is 13.8. The molecule has 0 aliphatic rings. The summed E-state index contributed by atoms with van der Waals surface area (Å²) in [6.45, 7) is 8.75. The summed E-state index contributed by atoms with van der Waals surface area (Å²) in [4.78, 5) is 0. The fourth-order valence-corrected chi connectivity index (χ4v) is 2.05. The maximum absolute atomic E-state index is 6.13. The summed E-state index contributed by atoms with van der Waals surface area (Å²) in [6, 6.07) is 8.97. The van der Waals surface area contributed by atoms with Crippen LogP contribution in [-0.4, -0.2) is 19.3 Å². The van der Waals surface area contributed by atoms with Gasteiger partial charge < -0.3 is 10.5 Å². The largest absolute Gasteiger partial charge is 0.382 e. The van der Waals surface area contributed by atoms with Crippen LogP contribution in [0, 0.1) is 0 Å². The van der Waals surface area contributed by atoms with Gasteiger partial charge in [0.15, 0.2) is 0 Å². The van der Waals surface area contributed by atoms with E-state index in [1.165, 1.54) is 11.1 Å². The predicted octanol–water partition coefficient (Wildman–Crippen LogP) is 3.28. The maximum atomic E-state index is 6.13. The first kappa shape index (κ1) is 15.2. The maximum Gasteiger partial charge on any atom is 0.0558 e. The molecule has 0 radical (unpaired) electrons. The molecule has 1 rings (SSSR count). The Labute approximate surface area is 112 Å². The lowest BCUT2D eigenvalue weighted by molar-refractivity contribution is 0.104. The van der Waals surface area contributed by atoms with Crippen LogP contribution in [0.3, 0.4) is 0 Å². The molecule has 0 saturated heterocycles. The van der Waals surface area contributed by atoms with E-state index in [0.717, 1.165) is 12.8 Å². The van der Waals surface area contributed by atoms with E-state index >= 15 is 0 Å². The van der Waals surface area contributed by atoms with Gasteiger partial charge in [-0.25, -0.2) is 0 Å². The van der Waals surface area contributed by atoms with Gasteiger partial charge >= 0.3 is 0 Å². The highest BCUT2D eigenvalue weighted by molar-refractivity contribution is 5.27. The van der Waals surface area contributed by atoms with E-state index in [0.29, 0.717) is 0 Å². The van der Waals surface area contributed by atoms with Crippen molar-refractivity contribution in [3.05, 3.63) is 35.4 Å². The Bertz CT molecular complexity index is 350. The average Bonchev–Trinajstić information content (AvgIpc) is 2.28. The standard InChI is InChI=1S/C16H27NO/c1-12(18-5)10-15(17)11-13-6-8-14(9-7-13)16(2,3)4/h6-9,12,15H,10-11,17H2,1-5H3. The molecule has 0 aromatic heterocycles. The normalized spacial score (nSPS) is 15.4. The van der Waals surface area contributed by atoms with Crippen molar-refractivity contribution in [3.63, 3.8) is 0 Å². The molecular formula is C16H27NO. The highest BCUT2D eigenvalue weighted by Crippen LogP contribution is 2.22. The van der Waals surface area contributed by atoms with Crippen LogP contribution in [0.15, 0.2) is 24.3 Å². The van der Waals surface area contributed by atoms with E-state index in [9.17, 15) is 0 Å². The van der Waals surface area contributed by atoms with E-state index in [1.807, 2.05) is 0 Å². The van der Waals surface area contributed by atoms with Crippen molar-refractivity contribution in [1.29, 1.82) is 0 Å². The second-order valence-electron chi connectivity index (χ2n) is 6.19. The van der Waals surface area contributed by atoms with Gasteiger partial charge in [0.2, 0.25) is 0 Å². The summed E-state index contributed by atoms with van der Waals surface area (Å²) in [5, 5.41) is 0. The number of benzene rings is 1. The topological polar surface area (TPSA) is 35.2 Å². The Morgan fingerprint density at radius 1 is 1.17 bits per heavy atom. The van der Waals surface area contributed by atoms with Crippen molar-refractivity contribution < 1.29 is 4.74 Å². The van der Waals surface area contributed by atoms with E-state index in [2.05, 4.69) is 52.0 Å². The number of rotatable bonds is 5. The zero-order valence-corrected chi connectivity index (χ0v) is 12.4. The van der Waals surface area contributed by atoms with Crippen molar-refractivity contribution in [3.8, 4) is 0 Å². The highest BCUT2D eigenvalue weighted by atomic mass is 16.5. The zero-order valence-electron chi connectivity index (χ0n) is 12.4. The molecule has 0 bridgehead atoms. The van der Waals surface area contributed by atoms with Gasteiger partial charge in [-0.2, -0.15) is 0 Å². The summed E-state index contributed by atoms with van der Waals surface area (Å²) >= 11 is 0. The molecule has 2 nitrogen and oxygen atoms in total. The van der Waals surface area contributed by atoms with Gasteiger partial charge in [0.25, 0.3) is 0 Å². The van der Waals surface area contributed by atoms with Crippen molar-refractivity contribution in [2.24, 2.45) is 5.73 Å². The van der Waals surface area contributed by atoms with Gasteiger partial charge in [-0.15, -0.1) is 0 Å². The molecule has 0 saturated carbocycles. The second-order valence-corrected chi connectivity index (χ2v) is 6.19. The Hall–Kier alpha value is -0.860. The number of methoxy groups -OCH3 is 1. The summed E-state index contributed by atoms with van der Waals surface area (Å²) < 4.78 is 5.24. The van der Waals surface area contributed by atoms with Crippen LogP contribution in [0.25, 0.3) is 0 Å². The summed E-state index contributed by atoms with van der Waals surface area (Å²) in [6.07, 6.45) is 2.05. The fraction of sp³-hybridized carbons (Fsp3) is 0.625. The van der Waals surface area contributed by atoms with E-state index in [1.54, 1.807) is 7.11 Å². The highest BCUT2D eigenvalue weighted by Gasteiger charge is 2.14. The Morgan fingerprint density at radius 3 is 2.17 bits per heavy atom. The fourth-order valence-electron chi connectivity index (χ4n) is 2.05. The van der Waals surface area contributed by atoms with Crippen LogP contribution >= 0.6 is 0 Å². The van der Waals surface area contributed by atoms with Gasteiger partial charge in [-0.3, -0.25) is 0 Å². The second kappa shape index (κ2) is 6.35. The molecule has 0 aliphatic heterocycles. The lowest BCUT2D eigenvalue weighted by Crippen LogP contribution is -2.28. The number of nitrogens with two attached hydrogens (primary N) is 1. The number of hydrogen-bond acceptors (Lipinski definition) is 2. The number of hydrogen-bond donors (Lipinski definition) is 1. The molecule has 2 atom stereocenters. The van der Waals surface area contributed by atoms with Crippen LogP contribution < -0.4 is 5.73 Å².